The molecule has 5 heteroatoms. The molecular weight excluding hydrogens is 242 g/mol. The molecule has 1 heterocycles. The van der Waals surface area contributed by atoms with Crippen LogP contribution < -0.4 is 14.8 Å². The average Bonchev–Trinajstić information content (AvgIpc) is 2.34. The van der Waals surface area contributed by atoms with E-state index in [1.165, 1.54) is 0 Å². The van der Waals surface area contributed by atoms with Crippen LogP contribution in [0.5, 0.6) is 11.5 Å². The highest BCUT2D eigenvalue weighted by atomic mass is 35.5. The third-order valence-electron chi connectivity index (χ3n) is 2.65. The molecule has 0 aliphatic carbocycles. The molecule has 92 valence electrons. The van der Waals surface area contributed by atoms with Gasteiger partial charge in [0.05, 0.1) is 11.6 Å². The van der Waals surface area contributed by atoms with E-state index in [0.717, 1.165) is 5.56 Å². The zero-order chi connectivity index (χ0) is 12.4. The maximum atomic E-state index is 11.9. The number of ether oxygens (including phenoxy) is 2. The molecule has 0 aromatic heterocycles. The van der Waals surface area contributed by atoms with Crippen molar-refractivity contribution < 1.29 is 14.3 Å². The molecule has 0 saturated carbocycles. The SMILES string of the molecule is CNCC(=O)c1cc(Cl)c2c(c1C)OCCO2. The number of fused-ring (bicyclic) bond motifs is 1. The van der Waals surface area contributed by atoms with Crippen LogP contribution in [0.4, 0.5) is 0 Å². The topological polar surface area (TPSA) is 47.6 Å². The summed E-state index contributed by atoms with van der Waals surface area (Å²) in [5.41, 5.74) is 1.36. The minimum atomic E-state index is -0.0103. The van der Waals surface area contributed by atoms with Crippen molar-refractivity contribution in [2.75, 3.05) is 26.8 Å². The summed E-state index contributed by atoms with van der Waals surface area (Å²) in [5.74, 6) is 1.11. The van der Waals surface area contributed by atoms with E-state index in [0.29, 0.717) is 35.3 Å². The maximum absolute atomic E-state index is 11.9. The van der Waals surface area contributed by atoms with Crippen molar-refractivity contribution in [3.8, 4) is 11.5 Å². The van der Waals surface area contributed by atoms with Gasteiger partial charge in [-0.2, -0.15) is 0 Å². The van der Waals surface area contributed by atoms with Crippen molar-refractivity contribution in [1.29, 1.82) is 0 Å². The Bertz CT molecular complexity index is 460. The number of halogens is 1. The Morgan fingerprint density at radius 1 is 1.41 bits per heavy atom. The largest absolute Gasteiger partial charge is 0.486 e. The number of carbonyl (C=O) groups excluding carboxylic acids is 1. The minimum absolute atomic E-state index is 0.0103. The molecule has 1 aliphatic heterocycles. The summed E-state index contributed by atoms with van der Waals surface area (Å²) in [6.07, 6.45) is 0. The van der Waals surface area contributed by atoms with Crippen LogP contribution in [0.15, 0.2) is 6.07 Å². The zero-order valence-corrected chi connectivity index (χ0v) is 10.6. The van der Waals surface area contributed by atoms with E-state index in [2.05, 4.69) is 5.32 Å². The number of likely N-dealkylation sites (N-methyl/N-ethyl adjacent to an activating group) is 1. The number of benzene rings is 1. The van der Waals surface area contributed by atoms with E-state index in [4.69, 9.17) is 21.1 Å². The first kappa shape index (κ1) is 12.2. The highest BCUT2D eigenvalue weighted by Crippen LogP contribution is 2.41. The molecule has 0 saturated heterocycles. The second-order valence-corrected chi connectivity index (χ2v) is 4.25. The maximum Gasteiger partial charge on any atom is 0.180 e. The average molecular weight is 256 g/mol. The minimum Gasteiger partial charge on any atom is -0.486 e. The predicted molar refractivity (Wildman–Crippen MR) is 65.4 cm³/mol. The lowest BCUT2D eigenvalue weighted by Crippen LogP contribution is -2.21. The fourth-order valence-electron chi connectivity index (χ4n) is 1.84. The number of ketones is 1. The molecule has 0 spiro atoms. The van der Waals surface area contributed by atoms with Gasteiger partial charge >= 0.3 is 0 Å². The summed E-state index contributed by atoms with van der Waals surface area (Å²) in [7, 11) is 1.73. The summed E-state index contributed by atoms with van der Waals surface area (Å²) < 4.78 is 11.0. The third-order valence-corrected chi connectivity index (χ3v) is 2.93. The highest BCUT2D eigenvalue weighted by Gasteiger charge is 2.23. The van der Waals surface area contributed by atoms with E-state index in [1.54, 1.807) is 13.1 Å². The Morgan fingerprint density at radius 2 is 2.06 bits per heavy atom. The first-order valence-electron chi connectivity index (χ1n) is 5.41. The van der Waals surface area contributed by atoms with E-state index in [9.17, 15) is 4.79 Å². The number of nitrogens with one attached hydrogen (secondary N) is 1. The van der Waals surface area contributed by atoms with Crippen molar-refractivity contribution in [3.63, 3.8) is 0 Å². The third kappa shape index (κ3) is 2.23. The standard InChI is InChI=1S/C12H14ClNO3/c1-7-8(10(15)6-14-2)5-9(13)12-11(7)16-3-4-17-12/h5,14H,3-4,6H2,1-2H3. The summed E-state index contributed by atoms with van der Waals surface area (Å²) in [6.45, 7) is 3.08. The summed E-state index contributed by atoms with van der Waals surface area (Å²) >= 11 is 6.09. The molecule has 1 N–H and O–H groups in total. The van der Waals surface area contributed by atoms with Gasteiger partial charge in [-0.25, -0.2) is 0 Å². The van der Waals surface area contributed by atoms with Gasteiger partial charge in [-0.05, 0) is 20.0 Å². The van der Waals surface area contributed by atoms with Crippen LogP contribution in [0.2, 0.25) is 5.02 Å². The van der Waals surface area contributed by atoms with Crippen LogP contribution in [-0.4, -0.2) is 32.6 Å². The number of Topliss-reactive ketones (excluding diaryl/α,β-unsaturated/α-hetero) is 1. The number of carbonyl (C=O) groups is 1. The lowest BCUT2D eigenvalue weighted by atomic mass is 10.0. The van der Waals surface area contributed by atoms with Gasteiger partial charge in [-0.1, -0.05) is 11.6 Å². The van der Waals surface area contributed by atoms with Crippen LogP contribution in [0, 0.1) is 6.92 Å². The normalized spacial score (nSPS) is 13.6. The first-order chi connectivity index (χ1) is 8.15. The fraction of sp³-hybridized carbons (Fsp3) is 0.417. The molecule has 2 rings (SSSR count). The van der Waals surface area contributed by atoms with Crippen LogP contribution in [0.1, 0.15) is 15.9 Å². The zero-order valence-electron chi connectivity index (χ0n) is 9.80. The molecule has 17 heavy (non-hydrogen) atoms. The molecule has 1 aromatic carbocycles. The molecule has 1 aliphatic rings. The molecule has 0 atom stereocenters. The van der Waals surface area contributed by atoms with Crippen LogP contribution in [-0.2, 0) is 0 Å². The number of rotatable bonds is 3. The summed E-state index contributed by atoms with van der Waals surface area (Å²) in [5, 5.41) is 3.25. The van der Waals surface area contributed by atoms with Gasteiger partial charge in [-0.15, -0.1) is 0 Å². The van der Waals surface area contributed by atoms with Crippen LogP contribution in [0.3, 0.4) is 0 Å². The van der Waals surface area contributed by atoms with E-state index < -0.39 is 0 Å². The molecule has 0 fully saturated rings. The van der Waals surface area contributed by atoms with E-state index in [-0.39, 0.29) is 12.3 Å². The monoisotopic (exact) mass is 255 g/mol. The Hall–Kier alpha value is -1.26. The fourth-order valence-corrected chi connectivity index (χ4v) is 2.09. The van der Waals surface area contributed by atoms with Crippen LogP contribution in [0.25, 0.3) is 0 Å². The highest BCUT2D eigenvalue weighted by molar-refractivity contribution is 6.32. The molecule has 0 unspecified atom stereocenters. The molecule has 0 radical (unpaired) electrons. The lowest BCUT2D eigenvalue weighted by molar-refractivity contribution is 0.0991. The van der Waals surface area contributed by atoms with E-state index >= 15 is 0 Å². The van der Waals surface area contributed by atoms with Gasteiger partial charge in [0.1, 0.15) is 13.2 Å². The van der Waals surface area contributed by atoms with Crippen molar-refractivity contribution in [2.24, 2.45) is 0 Å². The van der Waals surface area contributed by atoms with Crippen molar-refractivity contribution >= 4 is 17.4 Å². The summed E-state index contributed by atoms with van der Waals surface area (Å²) in [4.78, 5) is 11.9. The number of hydrogen-bond acceptors (Lipinski definition) is 4. The molecule has 1 aromatic rings. The Kier molecular flexibility index (Phi) is 3.54. The van der Waals surface area contributed by atoms with Gasteiger partial charge in [0.15, 0.2) is 17.3 Å². The van der Waals surface area contributed by atoms with Crippen molar-refractivity contribution in [2.45, 2.75) is 6.92 Å². The second-order valence-electron chi connectivity index (χ2n) is 3.84. The van der Waals surface area contributed by atoms with Gasteiger partial charge < -0.3 is 14.8 Å². The van der Waals surface area contributed by atoms with E-state index in [1.807, 2.05) is 6.92 Å². The Balaban J connectivity index is 2.48. The van der Waals surface area contributed by atoms with Crippen molar-refractivity contribution in [3.05, 3.63) is 22.2 Å². The molecule has 0 bridgehead atoms. The van der Waals surface area contributed by atoms with Crippen molar-refractivity contribution in [1.82, 2.24) is 5.32 Å². The predicted octanol–water partition coefficient (Wildman–Crippen LogP) is 1.82. The molecule has 0 amide bonds. The quantitative estimate of drug-likeness (QED) is 0.837. The van der Waals surface area contributed by atoms with Gasteiger partial charge in [0.2, 0.25) is 0 Å². The Labute approximate surface area is 105 Å². The second kappa shape index (κ2) is 4.94. The number of hydrogen-bond donors (Lipinski definition) is 1. The molecular formula is C12H14ClNO3. The first-order valence-corrected chi connectivity index (χ1v) is 5.79. The summed E-state index contributed by atoms with van der Waals surface area (Å²) in [6, 6.07) is 1.64. The lowest BCUT2D eigenvalue weighted by Gasteiger charge is -2.22. The Morgan fingerprint density at radius 3 is 2.71 bits per heavy atom. The van der Waals surface area contributed by atoms with Gasteiger partial charge in [0.25, 0.3) is 0 Å². The molecule has 4 nitrogen and oxygen atoms in total. The smallest absolute Gasteiger partial charge is 0.180 e. The van der Waals surface area contributed by atoms with Gasteiger partial charge in [-0.3, -0.25) is 4.79 Å². The van der Waals surface area contributed by atoms with Crippen LogP contribution >= 0.6 is 11.6 Å². The van der Waals surface area contributed by atoms with Gasteiger partial charge in [0, 0.05) is 11.1 Å².